The van der Waals surface area contributed by atoms with E-state index in [9.17, 15) is 26.0 Å². The molecular formula is C26H28F4N2O2S. The van der Waals surface area contributed by atoms with Crippen molar-refractivity contribution in [3.8, 4) is 0 Å². The predicted molar refractivity (Wildman–Crippen MR) is 124 cm³/mol. The molecule has 2 saturated carbocycles. The van der Waals surface area contributed by atoms with Gasteiger partial charge in [0.05, 0.1) is 11.3 Å². The number of fused-ring (bicyclic) bond motifs is 4. The van der Waals surface area contributed by atoms with Crippen LogP contribution in [-0.2, 0) is 35.5 Å². The van der Waals surface area contributed by atoms with Crippen molar-refractivity contribution in [1.29, 1.82) is 0 Å². The molecule has 4 aliphatic rings. The van der Waals surface area contributed by atoms with Gasteiger partial charge in [-0.05, 0) is 85.4 Å². The van der Waals surface area contributed by atoms with Gasteiger partial charge in [-0.25, -0.2) is 17.5 Å². The van der Waals surface area contributed by atoms with Gasteiger partial charge in [0.25, 0.3) is 0 Å². The zero-order valence-corrected chi connectivity index (χ0v) is 20.2. The number of likely N-dealkylation sites (N-methyl/N-ethyl adjacent to an activating group) is 1. The van der Waals surface area contributed by atoms with Crippen LogP contribution in [-0.4, -0.2) is 44.7 Å². The molecule has 9 heteroatoms. The van der Waals surface area contributed by atoms with Crippen LogP contribution in [0.1, 0.15) is 46.6 Å². The topological polar surface area (TPSA) is 49.2 Å². The number of sulfonamides is 1. The first-order chi connectivity index (χ1) is 16.5. The van der Waals surface area contributed by atoms with Crippen LogP contribution in [0.25, 0.3) is 0 Å². The molecule has 4 nitrogen and oxygen atoms in total. The van der Waals surface area contributed by atoms with Crippen LogP contribution in [0.4, 0.5) is 17.6 Å². The fourth-order valence-electron chi connectivity index (χ4n) is 6.55. The number of rotatable bonds is 8. The summed E-state index contributed by atoms with van der Waals surface area (Å²) in [6.45, 7) is 0.127. The van der Waals surface area contributed by atoms with Crippen LogP contribution in [0.5, 0.6) is 0 Å². The van der Waals surface area contributed by atoms with Gasteiger partial charge in [-0.3, -0.25) is 4.90 Å². The average Bonchev–Trinajstić information content (AvgIpc) is 3.71. The first-order valence-electron chi connectivity index (χ1n) is 12.2. The highest BCUT2D eigenvalue weighted by Crippen LogP contribution is 2.76. The Labute approximate surface area is 202 Å². The summed E-state index contributed by atoms with van der Waals surface area (Å²) in [4.78, 5) is 2.26. The number of hydrogen-bond donors (Lipinski definition) is 1. The molecule has 1 saturated heterocycles. The Balaban J connectivity index is 1.24. The molecule has 0 bridgehead atoms. The highest BCUT2D eigenvalue weighted by Gasteiger charge is 2.84. The van der Waals surface area contributed by atoms with Gasteiger partial charge in [-0.1, -0.05) is 24.3 Å². The lowest BCUT2D eigenvalue weighted by atomic mass is 9.80. The molecule has 1 spiro atoms. The number of halogens is 4. The van der Waals surface area contributed by atoms with Crippen molar-refractivity contribution >= 4 is 10.0 Å². The first-order valence-corrected chi connectivity index (χ1v) is 13.8. The third-order valence-corrected chi connectivity index (χ3v) is 10.0. The van der Waals surface area contributed by atoms with Crippen LogP contribution in [0.2, 0.25) is 0 Å². The maximum atomic E-state index is 15.0. The second-order valence-corrected chi connectivity index (χ2v) is 12.7. The molecule has 0 amide bonds. The largest absolute Gasteiger partial charge is 0.416 e. The Hall–Kier alpha value is -1.97. The number of alkyl halides is 3. The number of nitrogens with one attached hydrogen (secondary N) is 1. The van der Waals surface area contributed by atoms with E-state index >= 15 is 0 Å². The highest BCUT2D eigenvalue weighted by atomic mass is 32.2. The van der Waals surface area contributed by atoms with Crippen LogP contribution in [0.15, 0.2) is 36.4 Å². The zero-order chi connectivity index (χ0) is 24.8. The van der Waals surface area contributed by atoms with Gasteiger partial charge in [0.15, 0.2) is 0 Å². The molecular weight excluding hydrogens is 480 g/mol. The number of nitrogens with zero attached hydrogens (tertiary/aromatic N) is 1. The normalized spacial score (nSPS) is 30.9. The van der Waals surface area contributed by atoms with E-state index in [1.807, 2.05) is 13.1 Å². The zero-order valence-electron chi connectivity index (χ0n) is 19.4. The van der Waals surface area contributed by atoms with Gasteiger partial charge in [0.2, 0.25) is 10.0 Å². The molecule has 2 aromatic rings. The summed E-state index contributed by atoms with van der Waals surface area (Å²) < 4.78 is 81.7. The third kappa shape index (κ3) is 4.09. The maximum Gasteiger partial charge on any atom is 0.416 e. The van der Waals surface area contributed by atoms with Gasteiger partial charge < -0.3 is 0 Å². The van der Waals surface area contributed by atoms with Crippen molar-refractivity contribution in [1.82, 2.24) is 9.62 Å². The number of likely N-dealkylation sites (tertiary alicyclic amines) is 1. The summed E-state index contributed by atoms with van der Waals surface area (Å²) in [5.74, 6) is 0.0262. The van der Waals surface area contributed by atoms with E-state index in [4.69, 9.17) is 0 Å². The van der Waals surface area contributed by atoms with Crippen molar-refractivity contribution in [2.75, 3.05) is 19.3 Å². The minimum absolute atomic E-state index is 0.0121. The van der Waals surface area contributed by atoms with Crippen LogP contribution in [0.3, 0.4) is 0 Å². The molecule has 0 aromatic heterocycles. The van der Waals surface area contributed by atoms with Gasteiger partial charge in [0.1, 0.15) is 5.82 Å². The standard InChI is InChI=1S/C26H28F4N2O2S/c1-32-23-24(32)25(23)13-18-12-22(27)17(7-8-31-35(33,34)14-15-5-6-15)11-20(18)21(25)10-16-3-2-4-19(9-16)26(28,29)30/h2-4,9,11-12,15,21,23-24,31H,5-8,10,13-14H2,1H3. The number of benzene rings is 2. The third-order valence-electron chi connectivity index (χ3n) is 8.47. The Kier molecular flexibility index (Phi) is 5.20. The Morgan fingerprint density at radius 2 is 1.89 bits per heavy atom. The second kappa shape index (κ2) is 7.76. The van der Waals surface area contributed by atoms with Crippen LogP contribution in [0, 0.1) is 17.2 Å². The molecule has 3 atom stereocenters. The van der Waals surface area contributed by atoms with E-state index in [2.05, 4.69) is 9.62 Å². The molecule has 3 fully saturated rings. The predicted octanol–water partition coefficient (Wildman–Crippen LogP) is 4.28. The summed E-state index contributed by atoms with van der Waals surface area (Å²) in [5, 5.41) is 0. The van der Waals surface area contributed by atoms with Crippen LogP contribution < -0.4 is 4.72 Å². The maximum absolute atomic E-state index is 15.0. The molecule has 3 unspecified atom stereocenters. The van der Waals surface area contributed by atoms with E-state index in [1.54, 1.807) is 12.1 Å². The van der Waals surface area contributed by atoms with E-state index < -0.39 is 21.8 Å². The van der Waals surface area contributed by atoms with Gasteiger partial charge in [0, 0.05) is 24.0 Å². The quantitative estimate of drug-likeness (QED) is 0.428. The van der Waals surface area contributed by atoms with Crippen molar-refractivity contribution in [2.24, 2.45) is 11.3 Å². The molecule has 1 N–H and O–H groups in total. The molecule has 6 rings (SSSR count). The lowest BCUT2D eigenvalue weighted by molar-refractivity contribution is -0.137. The lowest BCUT2D eigenvalue weighted by Gasteiger charge is -2.29. The fraction of sp³-hybridized carbons (Fsp3) is 0.538. The SMILES string of the molecule is CN1C2C1C21Cc2cc(F)c(CCNS(=O)(=O)CC3CC3)cc2C1Cc1cccc(C(F)(F)F)c1. The second-order valence-electron chi connectivity index (χ2n) is 10.8. The first kappa shape index (κ1) is 23.4. The number of hydrogen-bond acceptors (Lipinski definition) is 3. The van der Waals surface area contributed by atoms with Crippen molar-refractivity contribution in [3.05, 3.63) is 70.0 Å². The summed E-state index contributed by atoms with van der Waals surface area (Å²) in [6, 6.07) is 9.68. The van der Waals surface area contributed by atoms with Crippen molar-refractivity contribution in [3.63, 3.8) is 0 Å². The van der Waals surface area contributed by atoms with E-state index in [0.29, 0.717) is 29.6 Å². The van der Waals surface area contributed by atoms with Crippen molar-refractivity contribution in [2.45, 2.75) is 56.3 Å². The van der Waals surface area contributed by atoms with Crippen LogP contribution >= 0.6 is 0 Å². The highest BCUT2D eigenvalue weighted by molar-refractivity contribution is 7.89. The fourth-order valence-corrected chi connectivity index (χ4v) is 8.03. The molecule has 1 aliphatic heterocycles. The Bertz CT molecular complexity index is 1280. The Morgan fingerprint density at radius 1 is 1.14 bits per heavy atom. The summed E-state index contributed by atoms with van der Waals surface area (Å²) in [7, 11) is -1.32. The average molecular weight is 509 g/mol. The van der Waals surface area contributed by atoms with Gasteiger partial charge >= 0.3 is 6.18 Å². The van der Waals surface area contributed by atoms with Gasteiger partial charge in [-0.15, -0.1) is 0 Å². The molecule has 188 valence electrons. The van der Waals surface area contributed by atoms with Crippen molar-refractivity contribution < 1.29 is 26.0 Å². The molecule has 3 aliphatic carbocycles. The Morgan fingerprint density at radius 3 is 2.54 bits per heavy atom. The van der Waals surface area contributed by atoms with E-state index in [1.165, 1.54) is 12.1 Å². The van der Waals surface area contributed by atoms with Gasteiger partial charge in [-0.2, -0.15) is 13.2 Å². The smallest absolute Gasteiger partial charge is 0.296 e. The molecule has 35 heavy (non-hydrogen) atoms. The van der Waals surface area contributed by atoms with E-state index in [0.717, 1.165) is 36.5 Å². The van der Waals surface area contributed by atoms with E-state index in [-0.39, 0.29) is 41.8 Å². The lowest BCUT2D eigenvalue weighted by Crippen LogP contribution is -2.31. The molecule has 1 heterocycles. The summed E-state index contributed by atoms with van der Waals surface area (Å²) in [5.41, 5.74) is 2.32. The minimum Gasteiger partial charge on any atom is -0.296 e. The monoisotopic (exact) mass is 508 g/mol. The molecule has 2 aromatic carbocycles. The molecule has 0 radical (unpaired) electrons. The summed E-state index contributed by atoms with van der Waals surface area (Å²) in [6.07, 6.45) is -1.09. The minimum atomic E-state index is -4.40. The summed E-state index contributed by atoms with van der Waals surface area (Å²) >= 11 is 0.